The normalized spacial score (nSPS) is 17.1. The third kappa shape index (κ3) is 5.09. The molecule has 0 aromatic heterocycles. The fourth-order valence-electron chi connectivity index (χ4n) is 3.58. The quantitative estimate of drug-likeness (QED) is 0.750. The number of hydrogen-bond donors (Lipinski definition) is 1. The molecule has 0 unspecified atom stereocenters. The minimum Gasteiger partial charge on any atom is -0.481 e. The Hall–Kier alpha value is -2.54. The SMILES string of the molecule is CC[C@H](Oc1ccc(N(C)S(C)(=O)=O)cc1)C(=O)N[C@H]1CCCc2ccccc21. The van der Waals surface area contributed by atoms with Gasteiger partial charge in [-0.25, -0.2) is 8.42 Å². The number of hydrogen-bond acceptors (Lipinski definition) is 4. The number of rotatable bonds is 7. The minimum atomic E-state index is -3.32. The number of ether oxygens (including phenoxy) is 1. The van der Waals surface area contributed by atoms with Crippen LogP contribution in [-0.2, 0) is 21.2 Å². The average molecular weight is 417 g/mol. The lowest BCUT2D eigenvalue weighted by atomic mass is 9.87. The second-order valence-electron chi connectivity index (χ2n) is 7.39. The molecule has 29 heavy (non-hydrogen) atoms. The third-order valence-electron chi connectivity index (χ3n) is 5.33. The van der Waals surface area contributed by atoms with Crippen molar-refractivity contribution in [2.75, 3.05) is 17.6 Å². The summed E-state index contributed by atoms with van der Waals surface area (Å²) >= 11 is 0. The zero-order valence-corrected chi connectivity index (χ0v) is 17.9. The maximum Gasteiger partial charge on any atom is 0.261 e. The first-order valence-corrected chi connectivity index (χ1v) is 11.7. The molecule has 0 fully saturated rings. The van der Waals surface area contributed by atoms with E-state index in [0.717, 1.165) is 25.5 Å². The van der Waals surface area contributed by atoms with Gasteiger partial charge in [-0.05, 0) is 61.1 Å². The largest absolute Gasteiger partial charge is 0.481 e. The van der Waals surface area contributed by atoms with Gasteiger partial charge in [0.2, 0.25) is 10.0 Å². The Balaban J connectivity index is 1.67. The Kier molecular flexibility index (Phi) is 6.47. The molecule has 1 aliphatic rings. The number of fused-ring (bicyclic) bond motifs is 1. The van der Waals surface area contributed by atoms with Crippen LogP contribution in [0.1, 0.15) is 43.4 Å². The Bertz CT molecular complexity index is 957. The van der Waals surface area contributed by atoms with Crippen molar-refractivity contribution in [1.29, 1.82) is 0 Å². The van der Waals surface area contributed by atoms with Crippen LogP contribution in [0.4, 0.5) is 5.69 Å². The van der Waals surface area contributed by atoms with E-state index in [9.17, 15) is 13.2 Å². The van der Waals surface area contributed by atoms with Crippen molar-refractivity contribution in [1.82, 2.24) is 5.32 Å². The van der Waals surface area contributed by atoms with Crippen LogP contribution >= 0.6 is 0 Å². The highest BCUT2D eigenvalue weighted by molar-refractivity contribution is 7.92. The van der Waals surface area contributed by atoms with E-state index < -0.39 is 16.1 Å². The maximum absolute atomic E-state index is 12.8. The zero-order chi connectivity index (χ0) is 21.0. The van der Waals surface area contributed by atoms with E-state index >= 15 is 0 Å². The first-order valence-electron chi connectivity index (χ1n) is 9.88. The molecule has 0 saturated carbocycles. The second kappa shape index (κ2) is 8.86. The van der Waals surface area contributed by atoms with Crippen LogP contribution in [0.3, 0.4) is 0 Å². The molecule has 2 atom stereocenters. The number of nitrogens with zero attached hydrogens (tertiary/aromatic N) is 1. The highest BCUT2D eigenvalue weighted by Crippen LogP contribution is 2.30. The molecule has 1 aliphatic carbocycles. The van der Waals surface area contributed by atoms with Crippen molar-refractivity contribution >= 4 is 21.6 Å². The fourth-order valence-corrected chi connectivity index (χ4v) is 4.09. The van der Waals surface area contributed by atoms with Gasteiger partial charge in [-0.3, -0.25) is 9.10 Å². The Morgan fingerprint density at radius 1 is 1.21 bits per heavy atom. The predicted molar refractivity (Wildman–Crippen MR) is 115 cm³/mol. The molecule has 0 heterocycles. The highest BCUT2D eigenvalue weighted by atomic mass is 32.2. The molecule has 1 N–H and O–H groups in total. The first-order chi connectivity index (χ1) is 13.8. The van der Waals surface area contributed by atoms with E-state index in [-0.39, 0.29) is 11.9 Å². The van der Waals surface area contributed by atoms with E-state index in [2.05, 4.69) is 17.4 Å². The summed E-state index contributed by atoms with van der Waals surface area (Å²) in [6, 6.07) is 14.9. The molecule has 0 bridgehead atoms. The number of sulfonamides is 1. The molecule has 1 amide bonds. The third-order valence-corrected chi connectivity index (χ3v) is 6.53. The monoisotopic (exact) mass is 416 g/mol. The highest BCUT2D eigenvalue weighted by Gasteiger charge is 2.26. The second-order valence-corrected chi connectivity index (χ2v) is 9.41. The average Bonchev–Trinajstić information content (AvgIpc) is 2.71. The number of nitrogens with one attached hydrogen (secondary N) is 1. The number of benzene rings is 2. The van der Waals surface area contributed by atoms with Gasteiger partial charge in [-0.2, -0.15) is 0 Å². The predicted octanol–water partition coefficient (Wildman–Crippen LogP) is 3.43. The molecule has 2 aromatic carbocycles. The lowest BCUT2D eigenvalue weighted by Gasteiger charge is -2.28. The van der Waals surface area contributed by atoms with Crippen LogP contribution < -0.4 is 14.4 Å². The first kappa shape index (κ1) is 21.2. The summed E-state index contributed by atoms with van der Waals surface area (Å²) in [5.74, 6) is 0.397. The van der Waals surface area contributed by atoms with Crippen LogP contribution in [0.2, 0.25) is 0 Å². The van der Waals surface area contributed by atoms with E-state index in [4.69, 9.17) is 4.74 Å². The van der Waals surface area contributed by atoms with Gasteiger partial charge in [0.25, 0.3) is 5.91 Å². The standard InChI is InChI=1S/C22H28N2O4S/c1-4-21(28-18-14-12-17(13-15-18)24(2)29(3,26)27)22(25)23-20-11-7-9-16-8-5-6-10-19(16)20/h5-6,8,10,12-15,20-21H,4,7,9,11H2,1-3H3,(H,23,25)/t20-,21-/m0/s1. The summed E-state index contributed by atoms with van der Waals surface area (Å²) in [5.41, 5.74) is 3.02. The van der Waals surface area contributed by atoms with Gasteiger partial charge < -0.3 is 10.1 Å². The topological polar surface area (TPSA) is 75.7 Å². The lowest BCUT2D eigenvalue weighted by molar-refractivity contribution is -0.129. The van der Waals surface area contributed by atoms with Crippen LogP contribution in [0.5, 0.6) is 5.75 Å². The molecule has 0 radical (unpaired) electrons. The van der Waals surface area contributed by atoms with Gasteiger partial charge in [0, 0.05) is 7.05 Å². The minimum absolute atomic E-state index is 0.0101. The summed E-state index contributed by atoms with van der Waals surface area (Å²) in [4.78, 5) is 12.8. The van der Waals surface area contributed by atoms with Gasteiger partial charge in [0.1, 0.15) is 5.75 Å². The van der Waals surface area contributed by atoms with Gasteiger partial charge in [0.05, 0.1) is 18.0 Å². The molecule has 0 aliphatic heterocycles. The van der Waals surface area contributed by atoms with E-state index in [1.165, 1.54) is 22.5 Å². The van der Waals surface area contributed by atoms with Crippen LogP contribution in [0.25, 0.3) is 0 Å². The summed E-state index contributed by atoms with van der Waals surface area (Å²) in [6.07, 6.45) is 4.09. The van der Waals surface area contributed by atoms with Crippen molar-refractivity contribution < 1.29 is 17.9 Å². The number of anilines is 1. The van der Waals surface area contributed by atoms with Gasteiger partial charge in [-0.1, -0.05) is 31.2 Å². The molecule has 0 spiro atoms. The van der Waals surface area contributed by atoms with Crippen molar-refractivity contribution in [2.45, 2.75) is 44.8 Å². The molecule has 2 aromatic rings. The molecular weight excluding hydrogens is 388 g/mol. The summed E-state index contributed by atoms with van der Waals surface area (Å²) in [5, 5.41) is 3.14. The molecule has 156 valence electrons. The fraction of sp³-hybridized carbons (Fsp3) is 0.409. The molecule has 6 nitrogen and oxygen atoms in total. The molecular formula is C22H28N2O4S. The number of carbonyl (C=O) groups is 1. The van der Waals surface area contributed by atoms with Crippen molar-refractivity contribution in [2.24, 2.45) is 0 Å². The smallest absolute Gasteiger partial charge is 0.261 e. The van der Waals surface area contributed by atoms with Crippen molar-refractivity contribution in [3.63, 3.8) is 0 Å². The summed E-state index contributed by atoms with van der Waals surface area (Å²) < 4.78 is 30.4. The Labute approximate surface area is 172 Å². The van der Waals surface area contributed by atoms with Gasteiger partial charge >= 0.3 is 0 Å². The molecule has 3 rings (SSSR count). The Morgan fingerprint density at radius 2 is 1.90 bits per heavy atom. The lowest BCUT2D eigenvalue weighted by Crippen LogP contribution is -2.41. The van der Waals surface area contributed by atoms with Gasteiger partial charge in [0.15, 0.2) is 6.10 Å². The molecule has 0 saturated heterocycles. The number of carbonyl (C=O) groups excluding carboxylic acids is 1. The number of aryl methyl sites for hydroxylation is 1. The van der Waals surface area contributed by atoms with E-state index in [0.29, 0.717) is 17.9 Å². The van der Waals surface area contributed by atoms with Crippen LogP contribution in [0.15, 0.2) is 48.5 Å². The maximum atomic E-state index is 12.8. The van der Waals surface area contributed by atoms with Crippen LogP contribution in [0, 0.1) is 0 Å². The number of amides is 1. The Morgan fingerprint density at radius 3 is 2.55 bits per heavy atom. The van der Waals surface area contributed by atoms with E-state index in [1.54, 1.807) is 24.3 Å². The zero-order valence-electron chi connectivity index (χ0n) is 17.1. The van der Waals surface area contributed by atoms with Crippen molar-refractivity contribution in [3.05, 3.63) is 59.7 Å². The van der Waals surface area contributed by atoms with E-state index in [1.807, 2.05) is 19.1 Å². The van der Waals surface area contributed by atoms with Crippen molar-refractivity contribution in [3.8, 4) is 5.75 Å². The molecule has 7 heteroatoms. The van der Waals surface area contributed by atoms with Gasteiger partial charge in [-0.15, -0.1) is 0 Å². The van der Waals surface area contributed by atoms with Crippen LogP contribution in [-0.4, -0.2) is 33.7 Å². The summed E-state index contributed by atoms with van der Waals surface area (Å²) in [6.45, 7) is 1.91. The summed E-state index contributed by atoms with van der Waals surface area (Å²) in [7, 11) is -1.83.